The molecule has 3 rings (SSSR count). The normalized spacial score (nSPS) is 47.5. The summed E-state index contributed by atoms with van der Waals surface area (Å²) in [5, 5.41) is 11.2. The van der Waals surface area contributed by atoms with E-state index >= 15 is 0 Å². The number of fused-ring (bicyclic) bond motifs is 4. The summed E-state index contributed by atoms with van der Waals surface area (Å²) in [4.78, 5) is 0. The smallest absolute Gasteiger partial charge is 0.0737 e. The van der Waals surface area contributed by atoms with Crippen molar-refractivity contribution in [1.29, 1.82) is 0 Å². The minimum atomic E-state index is -0.355. The zero-order valence-corrected chi connectivity index (χ0v) is 14.3. The fourth-order valence-corrected chi connectivity index (χ4v) is 6.07. The summed E-state index contributed by atoms with van der Waals surface area (Å²) in [7, 11) is 0. The highest BCUT2D eigenvalue weighted by molar-refractivity contribution is 5.28. The van der Waals surface area contributed by atoms with Gasteiger partial charge in [-0.3, -0.25) is 0 Å². The van der Waals surface area contributed by atoms with Crippen LogP contribution in [0.1, 0.15) is 66.2 Å². The fraction of sp³-hybridized carbons (Fsp3) is 0.800. The summed E-state index contributed by atoms with van der Waals surface area (Å²) in [5.74, 6) is 2.58. The summed E-state index contributed by atoms with van der Waals surface area (Å²) in [6.07, 6.45) is 9.28. The van der Waals surface area contributed by atoms with Crippen LogP contribution in [0.3, 0.4) is 0 Å². The Morgan fingerprint density at radius 3 is 2.62 bits per heavy atom. The van der Waals surface area contributed by atoms with Crippen molar-refractivity contribution < 1.29 is 5.11 Å². The lowest BCUT2D eigenvalue weighted by Crippen LogP contribution is -2.67. The van der Waals surface area contributed by atoms with Crippen molar-refractivity contribution in [2.24, 2.45) is 29.1 Å². The molecule has 3 aliphatic rings. The van der Waals surface area contributed by atoms with Crippen LogP contribution >= 0.6 is 0 Å². The Kier molecular flexibility index (Phi) is 3.64. The summed E-state index contributed by atoms with van der Waals surface area (Å²) in [6, 6.07) is 0. The number of rotatable bonds is 4. The van der Waals surface area contributed by atoms with Crippen LogP contribution in [-0.2, 0) is 0 Å². The van der Waals surface area contributed by atoms with Crippen LogP contribution in [0.5, 0.6) is 0 Å². The maximum absolute atomic E-state index is 11.2. The number of allylic oxidation sites excluding steroid dienone is 3. The predicted octanol–water partition coefficient (Wildman–Crippen LogP) is 5.11. The van der Waals surface area contributed by atoms with Crippen molar-refractivity contribution in [3.05, 3.63) is 23.8 Å². The second-order valence-corrected chi connectivity index (χ2v) is 8.53. The third-order valence-corrected chi connectivity index (χ3v) is 7.21. The molecule has 3 saturated carbocycles. The van der Waals surface area contributed by atoms with E-state index < -0.39 is 0 Å². The lowest BCUT2D eigenvalue weighted by molar-refractivity contribution is -0.241. The monoisotopic (exact) mass is 288 g/mol. The SMILES string of the molecule is C=C(CCC=C(C)C)[C@@H]1CC[C@@]2(C)[C@@H]1[C@@H]1[C@H](C)CC[C@@]12O. The van der Waals surface area contributed by atoms with Gasteiger partial charge >= 0.3 is 0 Å². The van der Waals surface area contributed by atoms with Crippen molar-refractivity contribution in [2.75, 3.05) is 0 Å². The first kappa shape index (κ1) is 15.3. The molecule has 0 saturated heterocycles. The van der Waals surface area contributed by atoms with E-state index in [1.54, 1.807) is 0 Å². The van der Waals surface area contributed by atoms with Crippen LogP contribution in [0.2, 0.25) is 0 Å². The number of hydrogen-bond donors (Lipinski definition) is 1. The van der Waals surface area contributed by atoms with Gasteiger partial charge in [0, 0.05) is 5.41 Å². The van der Waals surface area contributed by atoms with E-state index in [-0.39, 0.29) is 11.0 Å². The maximum Gasteiger partial charge on any atom is 0.0737 e. The molecule has 0 amide bonds. The average Bonchev–Trinajstić information content (AvgIpc) is 2.85. The van der Waals surface area contributed by atoms with E-state index in [4.69, 9.17) is 0 Å². The first-order chi connectivity index (χ1) is 9.81. The third kappa shape index (κ3) is 2.00. The molecular weight excluding hydrogens is 256 g/mol. The fourth-order valence-electron chi connectivity index (χ4n) is 6.07. The molecule has 0 aliphatic heterocycles. The van der Waals surface area contributed by atoms with E-state index in [0.717, 1.165) is 19.3 Å². The molecular formula is C20H32O. The predicted molar refractivity (Wildman–Crippen MR) is 89.0 cm³/mol. The van der Waals surface area contributed by atoms with Crippen LogP contribution in [0.15, 0.2) is 23.8 Å². The van der Waals surface area contributed by atoms with Crippen LogP contribution in [0, 0.1) is 29.1 Å². The summed E-state index contributed by atoms with van der Waals surface area (Å²) >= 11 is 0. The van der Waals surface area contributed by atoms with Gasteiger partial charge in [-0.05, 0) is 76.0 Å². The zero-order valence-electron chi connectivity index (χ0n) is 14.3. The van der Waals surface area contributed by atoms with Crippen LogP contribution in [-0.4, -0.2) is 10.7 Å². The summed E-state index contributed by atoms with van der Waals surface area (Å²) in [5.41, 5.74) is 2.67. The zero-order chi connectivity index (χ0) is 15.4. The second-order valence-electron chi connectivity index (χ2n) is 8.53. The summed E-state index contributed by atoms with van der Waals surface area (Å²) in [6.45, 7) is 13.5. The number of aliphatic hydroxyl groups is 1. The topological polar surface area (TPSA) is 20.2 Å². The van der Waals surface area contributed by atoms with Crippen molar-refractivity contribution in [3.8, 4) is 0 Å². The molecule has 0 aromatic rings. The Morgan fingerprint density at radius 2 is 1.95 bits per heavy atom. The molecule has 1 N–H and O–H groups in total. The molecule has 0 bridgehead atoms. The highest BCUT2D eigenvalue weighted by atomic mass is 16.3. The Labute approximate surface area is 130 Å². The highest BCUT2D eigenvalue weighted by Gasteiger charge is 2.75. The Balaban J connectivity index is 1.72. The highest BCUT2D eigenvalue weighted by Crippen LogP contribution is 2.75. The molecule has 0 radical (unpaired) electrons. The largest absolute Gasteiger partial charge is 0.389 e. The molecule has 21 heavy (non-hydrogen) atoms. The Bertz CT molecular complexity index is 472. The molecule has 1 nitrogen and oxygen atoms in total. The van der Waals surface area contributed by atoms with Crippen LogP contribution in [0.25, 0.3) is 0 Å². The van der Waals surface area contributed by atoms with Gasteiger partial charge in [-0.1, -0.05) is 37.6 Å². The van der Waals surface area contributed by atoms with Crippen LogP contribution in [0.4, 0.5) is 0 Å². The van der Waals surface area contributed by atoms with Crippen molar-refractivity contribution in [1.82, 2.24) is 0 Å². The lowest BCUT2D eigenvalue weighted by atomic mass is 9.44. The van der Waals surface area contributed by atoms with Gasteiger partial charge in [0.1, 0.15) is 0 Å². The minimum Gasteiger partial charge on any atom is -0.389 e. The summed E-state index contributed by atoms with van der Waals surface area (Å²) < 4.78 is 0. The lowest BCUT2D eigenvalue weighted by Gasteiger charge is -2.63. The van der Waals surface area contributed by atoms with Gasteiger partial charge in [-0.2, -0.15) is 0 Å². The van der Waals surface area contributed by atoms with Gasteiger partial charge in [-0.15, -0.1) is 0 Å². The van der Waals surface area contributed by atoms with E-state index in [1.807, 2.05) is 0 Å². The molecule has 3 fully saturated rings. The quantitative estimate of drug-likeness (QED) is 0.712. The minimum absolute atomic E-state index is 0.173. The van der Waals surface area contributed by atoms with E-state index in [0.29, 0.717) is 23.7 Å². The number of hydrogen-bond acceptors (Lipinski definition) is 1. The van der Waals surface area contributed by atoms with Gasteiger partial charge in [0.05, 0.1) is 5.60 Å². The standard InChI is InChI=1S/C20H32O/c1-13(2)7-6-8-14(3)16-10-11-19(5)18(16)17-15(4)9-12-20(17,19)21/h7,15-18,21H,3,6,8-12H2,1-2,4-5H3/t15-,16+,17+,18+,19+,20-/m1/s1. The molecule has 0 spiro atoms. The van der Waals surface area contributed by atoms with Gasteiger partial charge in [0.2, 0.25) is 0 Å². The molecule has 0 aromatic heterocycles. The molecule has 1 heteroatoms. The van der Waals surface area contributed by atoms with Gasteiger partial charge < -0.3 is 5.11 Å². The Hall–Kier alpha value is -0.560. The molecule has 0 unspecified atom stereocenters. The first-order valence-corrected chi connectivity index (χ1v) is 8.84. The van der Waals surface area contributed by atoms with Crippen LogP contribution < -0.4 is 0 Å². The van der Waals surface area contributed by atoms with E-state index in [2.05, 4.69) is 40.3 Å². The maximum atomic E-state index is 11.2. The van der Waals surface area contributed by atoms with Gasteiger partial charge in [-0.25, -0.2) is 0 Å². The molecule has 3 aliphatic carbocycles. The molecule has 6 atom stereocenters. The first-order valence-electron chi connectivity index (χ1n) is 8.84. The van der Waals surface area contributed by atoms with E-state index in [1.165, 1.54) is 30.4 Å². The average molecular weight is 288 g/mol. The van der Waals surface area contributed by atoms with Gasteiger partial charge in [0.15, 0.2) is 0 Å². The molecule has 0 heterocycles. The Morgan fingerprint density at radius 1 is 1.24 bits per heavy atom. The van der Waals surface area contributed by atoms with E-state index in [9.17, 15) is 5.11 Å². The van der Waals surface area contributed by atoms with Crippen molar-refractivity contribution >= 4 is 0 Å². The molecule has 118 valence electrons. The van der Waals surface area contributed by atoms with Crippen molar-refractivity contribution in [2.45, 2.75) is 71.8 Å². The second kappa shape index (κ2) is 4.98. The van der Waals surface area contributed by atoms with Crippen molar-refractivity contribution in [3.63, 3.8) is 0 Å². The molecule has 0 aromatic carbocycles. The third-order valence-electron chi connectivity index (χ3n) is 7.21. The van der Waals surface area contributed by atoms with Gasteiger partial charge in [0.25, 0.3) is 0 Å².